The lowest BCUT2D eigenvalue weighted by atomic mass is 10.1. The molecule has 0 spiro atoms. The first-order valence-electron chi connectivity index (χ1n) is 6.53. The summed E-state index contributed by atoms with van der Waals surface area (Å²) in [6, 6.07) is 2.23. The lowest BCUT2D eigenvalue weighted by Crippen LogP contribution is -2.24. The van der Waals surface area contributed by atoms with E-state index in [9.17, 15) is 0 Å². The van der Waals surface area contributed by atoms with Crippen LogP contribution in [0.25, 0.3) is 0 Å². The maximum Gasteiger partial charge on any atom is 0.0927 e. The predicted molar refractivity (Wildman–Crippen MR) is 79.1 cm³/mol. The third-order valence-corrected chi connectivity index (χ3v) is 3.93. The lowest BCUT2D eigenvalue weighted by Gasteiger charge is -2.18. The summed E-state index contributed by atoms with van der Waals surface area (Å²) in [5.74, 6) is 0. The highest BCUT2D eigenvalue weighted by molar-refractivity contribution is 9.10. The van der Waals surface area contributed by atoms with Crippen LogP contribution in [0.3, 0.4) is 0 Å². The molecule has 1 atom stereocenters. The first-order chi connectivity index (χ1) is 9.12. The summed E-state index contributed by atoms with van der Waals surface area (Å²) in [6.07, 6.45) is 2.79. The Balaban J connectivity index is 2.49. The van der Waals surface area contributed by atoms with Crippen molar-refractivity contribution in [1.82, 2.24) is 24.9 Å². The van der Waals surface area contributed by atoms with Crippen LogP contribution in [-0.2, 0) is 20.0 Å². The van der Waals surface area contributed by atoms with Gasteiger partial charge in [0.25, 0.3) is 0 Å². The minimum absolute atomic E-state index is 0.0784. The summed E-state index contributed by atoms with van der Waals surface area (Å²) in [6.45, 7) is 5.06. The molecular formula is C13H20BrN5. The van der Waals surface area contributed by atoms with Crippen LogP contribution in [0.2, 0.25) is 0 Å². The van der Waals surface area contributed by atoms with E-state index in [-0.39, 0.29) is 6.04 Å². The number of nitrogens with zero attached hydrogens (tertiary/aromatic N) is 4. The number of nitrogens with one attached hydrogen (secondary N) is 1. The van der Waals surface area contributed by atoms with E-state index in [4.69, 9.17) is 0 Å². The second-order valence-electron chi connectivity index (χ2n) is 4.45. The first-order valence-corrected chi connectivity index (χ1v) is 7.32. The normalized spacial score (nSPS) is 12.9. The van der Waals surface area contributed by atoms with Crippen LogP contribution in [0.15, 0.2) is 16.7 Å². The van der Waals surface area contributed by atoms with Crippen molar-refractivity contribution in [3.63, 3.8) is 0 Å². The number of halogens is 1. The SMILES string of the molecule is CCc1cc(C(NC)c2c(Br)cnn2CC)n(C)n1. The van der Waals surface area contributed by atoms with Gasteiger partial charge in [-0.1, -0.05) is 6.92 Å². The van der Waals surface area contributed by atoms with Crippen molar-refractivity contribution >= 4 is 15.9 Å². The van der Waals surface area contributed by atoms with Gasteiger partial charge in [-0.2, -0.15) is 10.2 Å². The maximum absolute atomic E-state index is 4.52. The molecule has 0 amide bonds. The molecule has 5 nitrogen and oxygen atoms in total. The van der Waals surface area contributed by atoms with Crippen LogP contribution in [-0.4, -0.2) is 26.6 Å². The minimum atomic E-state index is 0.0784. The Morgan fingerprint density at radius 3 is 2.68 bits per heavy atom. The van der Waals surface area contributed by atoms with Crippen molar-refractivity contribution < 1.29 is 0 Å². The zero-order valence-corrected chi connectivity index (χ0v) is 13.4. The standard InChI is InChI=1S/C13H20BrN5/c1-5-9-7-11(18(4)17-9)12(15-3)13-10(14)8-16-19(13)6-2/h7-8,12,15H,5-6H2,1-4H3. The van der Waals surface area contributed by atoms with E-state index in [2.05, 4.69) is 51.4 Å². The molecule has 1 N–H and O–H groups in total. The van der Waals surface area contributed by atoms with Crippen molar-refractivity contribution in [2.24, 2.45) is 7.05 Å². The number of aryl methyl sites for hydroxylation is 3. The Bertz CT molecular complexity index is 557. The van der Waals surface area contributed by atoms with Gasteiger partial charge < -0.3 is 5.32 Å². The molecule has 2 aromatic heterocycles. The van der Waals surface area contributed by atoms with E-state index in [0.717, 1.165) is 34.5 Å². The molecule has 0 bridgehead atoms. The van der Waals surface area contributed by atoms with E-state index in [1.54, 1.807) is 0 Å². The summed E-state index contributed by atoms with van der Waals surface area (Å²) in [5, 5.41) is 12.3. The maximum atomic E-state index is 4.52. The number of rotatable bonds is 5. The van der Waals surface area contributed by atoms with Gasteiger partial charge in [-0.15, -0.1) is 0 Å². The highest BCUT2D eigenvalue weighted by Crippen LogP contribution is 2.28. The van der Waals surface area contributed by atoms with Crippen molar-refractivity contribution in [2.75, 3.05) is 7.05 Å². The molecule has 0 aliphatic carbocycles. The van der Waals surface area contributed by atoms with Crippen LogP contribution in [0.5, 0.6) is 0 Å². The van der Waals surface area contributed by atoms with Gasteiger partial charge in [-0.25, -0.2) is 0 Å². The average molecular weight is 326 g/mol. The summed E-state index contributed by atoms with van der Waals surface area (Å²) in [4.78, 5) is 0. The molecule has 19 heavy (non-hydrogen) atoms. The van der Waals surface area contributed by atoms with Gasteiger partial charge in [0.1, 0.15) is 0 Å². The third-order valence-electron chi connectivity index (χ3n) is 3.32. The predicted octanol–water partition coefficient (Wildman–Crippen LogP) is 2.27. The van der Waals surface area contributed by atoms with E-state index < -0.39 is 0 Å². The monoisotopic (exact) mass is 325 g/mol. The lowest BCUT2D eigenvalue weighted by molar-refractivity contribution is 0.533. The van der Waals surface area contributed by atoms with Gasteiger partial charge in [0, 0.05) is 13.6 Å². The molecule has 2 rings (SSSR count). The van der Waals surface area contributed by atoms with Crippen LogP contribution in [0, 0.1) is 0 Å². The highest BCUT2D eigenvalue weighted by atomic mass is 79.9. The fourth-order valence-corrected chi connectivity index (χ4v) is 2.85. The summed E-state index contributed by atoms with van der Waals surface area (Å²) < 4.78 is 4.97. The molecule has 0 radical (unpaired) electrons. The van der Waals surface area contributed by atoms with Crippen LogP contribution in [0.4, 0.5) is 0 Å². The first kappa shape index (κ1) is 14.3. The van der Waals surface area contributed by atoms with Gasteiger partial charge in [-0.3, -0.25) is 9.36 Å². The second kappa shape index (κ2) is 5.88. The number of hydrogen-bond acceptors (Lipinski definition) is 3. The molecule has 2 heterocycles. The zero-order chi connectivity index (χ0) is 14.0. The Labute approximate surface area is 122 Å². The molecule has 0 aliphatic rings. The van der Waals surface area contributed by atoms with E-state index in [0.29, 0.717) is 0 Å². The Morgan fingerprint density at radius 2 is 2.16 bits per heavy atom. The smallest absolute Gasteiger partial charge is 0.0927 e. The Morgan fingerprint density at radius 1 is 1.42 bits per heavy atom. The minimum Gasteiger partial charge on any atom is -0.307 e. The van der Waals surface area contributed by atoms with Crippen molar-refractivity contribution in [2.45, 2.75) is 32.9 Å². The van der Waals surface area contributed by atoms with Crippen LogP contribution >= 0.6 is 15.9 Å². The number of aromatic nitrogens is 4. The summed E-state index contributed by atoms with van der Waals surface area (Å²) in [5.41, 5.74) is 3.39. The van der Waals surface area contributed by atoms with Crippen molar-refractivity contribution in [3.8, 4) is 0 Å². The quantitative estimate of drug-likeness (QED) is 0.917. The molecule has 0 saturated carbocycles. The van der Waals surface area contributed by atoms with Gasteiger partial charge in [0.2, 0.25) is 0 Å². The molecule has 2 aromatic rings. The zero-order valence-electron chi connectivity index (χ0n) is 11.8. The molecule has 0 aliphatic heterocycles. The van der Waals surface area contributed by atoms with Crippen molar-refractivity contribution in [3.05, 3.63) is 33.8 Å². The summed E-state index contributed by atoms with van der Waals surface area (Å²) >= 11 is 3.59. The third kappa shape index (κ3) is 2.60. The van der Waals surface area contributed by atoms with Gasteiger partial charge in [0.05, 0.1) is 33.8 Å². The van der Waals surface area contributed by atoms with Crippen LogP contribution < -0.4 is 5.32 Å². The fraction of sp³-hybridized carbons (Fsp3) is 0.538. The van der Waals surface area contributed by atoms with Gasteiger partial charge in [0.15, 0.2) is 0 Å². The molecule has 0 saturated heterocycles. The topological polar surface area (TPSA) is 47.7 Å². The van der Waals surface area contributed by atoms with Crippen molar-refractivity contribution in [1.29, 1.82) is 0 Å². The Kier molecular flexibility index (Phi) is 4.42. The highest BCUT2D eigenvalue weighted by Gasteiger charge is 2.23. The fourth-order valence-electron chi connectivity index (χ4n) is 2.32. The molecular weight excluding hydrogens is 306 g/mol. The van der Waals surface area contributed by atoms with E-state index >= 15 is 0 Å². The number of hydrogen-bond donors (Lipinski definition) is 1. The van der Waals surface area contributed by atoms with E-state index in [1.165, 1.54) is 0 Å². The molecule has 104 valence electrons. The second-order valence-corrected chi connectivity index (χ2v) is 5.31. The largest absolute Gasteiger partial charge is 0.307 e. The molecule has 0 fully saturated rings. The van der Waals surface area contributed by atoms with Gasteiger partial charge >= 0.3 is 0 Å². The molecule has 0 aromatic carbocycles. The summed E-state index contributed by atoms with van der Waals surface area (Å²) in [7, 11) is 3.95. The Hall–Kier alpha value is -1.14. The molecule has 6 heteroatoms. The van der Waals surface area contributed by atoms with Gasteiger partial charge in [-0.05, 0) is 42.4 Å². The average Bonchev–Trinajstić information content (AvgIpc) is 2.96. The van der Waals surface area contributed by atoms with E-state index in [1.807, 2.05) is 29.7 Å². The molecule has 1 unspecified atom stereocenters. The van der Waals surface area contributed by atoms with Crippen LogP contribution in [0.1, 0.15) is 37.0 Å².